The van der Waals surface area contributed by atoms with E-state index < -0.39 is 0 Å². The molecule has 1 atom stereocenters. The lowest BCUT2D eigenvalue weighted by molar-refractivity contribution is 0.0761. The fourth-order valence-corrected chi connectivity index (χ4v) is 2.90. The van der Waals surface area contributed by atoms with Gasteiger partial charge in [0.2, 0.25) is 0 Å². The third-order valence-electron chi connectivity index (χ3n) is 4.27. The number of hydrogen-bond donors (Lipinski definition) is 0. The molecule has 1 amide bonds. The second kappa shape index (κ2) is 8.02. The van der Waals surface area contributed by atoms with Crippen LogP contribution in [0.15, 0.2) is 30.9 Å². The van der Waals surface area contributed by atoms with Crippen molar-refractivity contribution in [2.75, 3.05) is 40.9 Å². The Kier molecular flexibility index (Phi) is 6.04. The van der Waals surface area contributed by atoms with Crippen LogP contribution in [-0.2, 0) is 0 Å². The van der Waals surface area contributed by atoms with Crippen LogP contribution in [0.1, 0.15) is 23.2 Å². The fraction of sp³-hybridized carbons (Fsp3) is 0.500. The largest absolute Gasteiger partial charge is 0.493 e. The monoisotopic (exact) mass is 318 g/mol. The molecule has 0 N–H and O–H groups in total. The summed E-state index contributed by atoms with van der Waals surface area (Å²) in [5, 5.41) is 0. The number of benzene rings is 1. The van der Waals surface area contributed by atoms with E-state index in [-0.39, 0.29) is 5.91 Å². The minimum atomic E-state index is -0.00105. The van der Waals surface area contributed by atoms with Gasteiger partial charge in [-0.25, -0.2) is 0 Å². The normalized spacial score (nSPS) is 17.8. The Morgan fingerprint density at radius 2 is 2.26 bits per heavy atom. The Hall–Kier alpha value is -2.01. The molecule has 1 fully saturated rings. The first-order valence-corrected chi connectivity index (χ1v) is 7.94. The van der Waals surface area contributed by atoms with E-state index >= 15 is 0 Å². The quantitative estimate of drug-likeness (QED) is 0.724. The molecule has 0 radical (unpaired) electrons. The zero-order valence-corrected chi connectivity index (χ0v) is 14.2. The number of ether oxygens (including phenoxy) is 2. The first-order chi connectivity index (χ1) is 11.1. The van der Waals surface area contributed by atoms with Gasteiger partial charge in [-0.15, -0.1) is 0 Å². The Balaban J connectivity index is 2.07. The number of likely N-dealkylation sites (tertiary alicyclic amines) is 1. The summed E-state index contributed by atoms with van der Waals surface area (Å²) in [4.78, 5) is 16.7. The highest BCUT2D eigenvalue weighted by molar-refractivity contribution is 5.94. The predicted octanol–water partition coefficient (Wildman–Crippen LogP) is 2.43. The number of amides is 1. The summed E-state index contributed by atoms with van der Waals surface area (Å²) in [5.74, 6) is 1.17. The van der Waals surface area contributed by atoms with E-state index in [1.54, 1.807) is 36.3 Å². The molecule has 0 aliphatic carbocycles. The summed E-state index contributed by atoms with van der Waals surface area (Å²) in [6.45, 7) is 5.87. The standard InChI is InChI=1S/C18H26N2O3/c1-5-11-23-16-9-8-14(12-17(16)22-4)18(21)20(3)13-15-7-6-10-19(15)2/h5,8-9,12,15H,1,6-7,10-11,13H2,2-4H3/t15-/m1/s1. The van der Waals surface area contributed by atoms with Gasteiger partial charge in [-0.2, -0.15) is 0 Å². The smallest absolute Gasteiger partial charge is 0.253 e. The van der Waals surface area contributed by atoms with Crippen molar-refractivity contribution in [2.24, 2.45) is 0 Å². The minimum absolute atomic E-state index is 0.00105. The lowest BCUT2D eigenvalue weighted by atomic mass is 10.1. The third-order valence-corrected chi connectivity index (χ3v) is 4.27. The molecule has 1 aliphatic heterocycles. The van der Waals surface area contributed by atoms with Gasteiger partial charge in [0.25, 0.3) is 5.91 Å². The van der Waals surface area contributed by atoms with Gasteiger partial charge in [0, 0.05) is 25.2 Å². The summed E-state index contributed by atoms with van der Waals surface area (Å²) < 4.78 is 10.8. The zero-order valence-electron chi connectivity index (χ0n) is 14.2. The van der Waals surface area contributed by atoms with Crippen LogP contribution >= 0.6 is 0 Å². The van der Waals surface area contributed by atoms with Crippen LogP contribution in [-0.4, -0.2) is 62.7 Å². The van der Waals surface area contributed by atoms with E-state index in [1.807, 2.05) is 7.05 Å². The highest BCUT2D eigenvalue weighted by atomic mass is 16.5. The second-order valence-electron chi connectivity index (χ2n) is 5.93. The molecule has 2 rings (SSSR count). The van der Waals surface area contributed by atoms with Crippen LogP contribution in [0.4, 0.5) is 0 Å². The summed E-state index contributed by atoms with van der Waals surface area (Å²) in [5.41, 5.74) is 0.607. The predicted molar refractivity (Wildman–Crippen MR) is 91.3 cm³/mol. The van der Waals surface area contributed by atoms with E-state index in [2.05, 4.69) is 18.5 Å². The van der Waals surface area contributed by atoms with Crippen LogP contribution in [0.25, 0.3) is 0 Å². The van der Waals surface area contributed by atoms with E-state index in [9.17, 15) is 4.79 Å². The average Bonchev–Trinajstić information content (AvgIpc) is 2.96. The Morgan fingerprint density at radius 3 is 2.87 bits per heavy atom. The van der Waals surface area contributed by atoms with Crippen molar-refractivity contribution in [3.63, 3.8) is 0 Å². The number of rotatable bonds is 7. The lowest BCUT2D eigenvalue weighted by Crippen LogP contribution is -2.39. The molecule has 5 nitrogen and oxygen atoms in total. The zero-order chi connectivity index (χ0) is 16.8. The van der Waals surface area contributed by atoms with E-state index in [1.165, 1.54) is 6.42 Å². The summed E-state index contributed by atoms with van der Waals surface area (Å²) in [6, 6.07) is 5.72. The Morgan fingerprint density at radius 1 is 1.48 bits per heavy atom. The highest BCUT2D eigenvalue weighted by Crippen LogP contribution is 2.28. The van der Waals surface area contributed by atoms with Crippen LogP contribution in [0.5, 0.6) is 11.5 Å². The molecule has 0 unspecified atom stereocenters. The first-order valence-electron chi connectivity index (χ1n) is 7.94. The molecule has 1 aromatic carbocycles. The van der Waals surface area contributed by atoms with Crippen molar-refractivity contribution < 1.29 is 14.3 Å². The molecule has 1 saturated heterocycles. The average molecular weight is 318 g/mol. The maximum atomic E-state index is 12.6. The second-order valence-corrected chi connectivity index (χ2v) is 5.93. The van der Waals surface area contributed by atoms with Crippen LogP contribution in [0.3, 0.4) is 0 Å². The molecule has 0 aromatic heterocycles. The topological polar surface area (TPSA) is 42.0 Å². The van der Waals surface area contributed by atoms with Gasteiger partial charge in [-0.3, -0.25) is 4.79 Å². The fourth-order valence-electron chi connectivity index (χ4n) is 2.90. The molecule has 1 aliphatic rings. The molecule has 1 heterocycles. The van der Waals surface area contributed by atoms with Crippen molar-refractivity contribution in [2.45, 2.75) is 18.9 Å². The molecule has 5 heteroatoms. The highest BCUT2D eigenvalue weighted by Gasteiger charge is 2.24. The number of hydrogen-bond acceptors (Lipinski definition) is 4. The molecular formula is C18H26N2O3. The number of nitrogens with zero attached hydrogens (tertiary/aromatic N) is 2. The molecule has 0 bridgehead atoms. The summed E-state index contributed by atoms with van der Waals surface area (Å²) in [6.07, 6.45) is 4.02. The molecular weight excluding hydrogens is 292 g/mol. The molecule has 1 aromatic rings. The summed E-state index contributed by atoms with van der Waals surface area (Å²) >= 11 is 0. The van der Waals surface area contributed by atoms with Gasteiger partial charge >= 0.3 is 0 Å². The van der Waals surface area contributed by atoms with E-state index in [0.29, 0.717) is 29.7 Å². The van der Waals surface area contributed by atoms with Crippen LogP contribution in [0.2, 0.25) is 0 Å². The van der Waals surface area contributed by atoms with Gasteiger partial charge < -0.3 is 19.3 Å². The van der Waals surface area contributed by atoms with Crippen LogP contribution in [0, 0.1) is 0 Å². The van der Waals surface area contributed by atoms with Gasteiger partial charge in [-0.05, 0) is 44.6 Å². The van der Waals surface area contributed by atoms with Gasteiger partial charge in [0.05, 0.1) is 7.11 Å². The van der Waals surface area contributed by atoms with Crippen LogP contribution < -0.4 is 9.47 Å². The van der Waals surface area contributed by atoms with Crippen molar-refractivity contribution in [3.8, 4) is 11.5 Å². The maximum Gasteiger partial charge on any atom is 0.253 e. The molecule has 126 valence electrons. The minimum Gasteiger partial charge on any atom is -0.493 e. The van der Waals surface area contributed by atoms with E-state index in [0.717, 1.165) is 19.5 Å². The van der Waals surface area contributed by atoms with Gasteiger partial charge in [0.1, 0.15) is 6.61 Å². The van der Waals surface area contributed by atoms with Crippen molar-refractivity contribution in [1.29, 1.82) is 0 Å². The first kappa shape index (κ1) is 17.3. The molecule has 0 saturated carbocycles. The number of methoxy groups -OCH3 is 1. The van der Waals surface area contributed by atoms with Gasteiger partial charge in [0.15, 0.2) is 11.5 Å². The van der Waals surface area contributed by atoms with Crippen molar-refractivity contribution in [3.05, 3.63) is 36.4 Å². The van der Waals surface area contributed by atoms with Crippen molar-refractivity contribution in [1.82, 2.24) is 9.80 Å². The number of likely N-dealkylation sites (N-methyl/N-ethyl adjacent to an activating group) is 2. The SMILES string of the molecule is C=CCOc1ccc(C(=O)N(C)C[C@H]2CCCN2C)cc1OC. The van der Waals surface area contributed by atoms with Crippen molar-refractivity contribution >= 4 is 5.91 Å². The number of carbonyl (C=O) groups is 1. The Labute approximate surface area is 138 Å². The molecule has 23 heavy (non-hydrogen) atoms. The molecule has 0 spiro atoms. The lowest BCUT2D eigenvalue weighted by Gasteiger charge is -2.26. The van der Waals surface area contributed by atoms with Gasteiger partial charge in [-0.1, -0.05) is 12.7 Å². The third kappa shape index (κ3) is 4.26. The van der Waals surface area contributed by atoms with E-state index in [4.69, 9.17) is 9.47 Å². The maximum absolute atomic E-state index is 12.6. The number of carbonyl (C=O) groups excluding carboxylic acids is 1. The Bertz CT molecular complexity index is 559. The summed E-state index contributed by atoms with van der Waals surface area (Å²) in [7, 11) is 5.54.